The summed E-state index contributed by atoms with van der Waals surface area (Å²) in [6.45, 7) is 2.42. The van der Waals surface area contributed by atoms with Crippen molar-refractivity contribution in [3.8, 4) is 0 Å². The highest BCUT2D eigenvalue weighted by molar-refractivity contribution is 6.33. The van der Waals surface area contributed by atoms with Gasteiger partial charge in [-0.15, -0.1) is 0 Å². The van der Waals surface area contributed by atoms with Crippen molar-refractivity contribution in [2.75, 3.05) is 22.1 Å². The predicted octanol–water partition coefficient (Wildman–Crippen LogP) is 4.05. The van der Waals surface area contributed by atoms with E-state index in [9.17, 15) is 14.0 Å². The number of benzene rings is 2. The number of rotatable bonds is 5. The Morgan fingerprint density at radius 1 is 1.27 bits per heavy atom. The van der Waals surface area contributed by atoms with Crippen LogP contribution in [0.15, 0.2) is 42.5 Å². The monoisotopic (exact) mass is 375 g/mol. The molecule has 0 saturated carbocycles. The third-order valence-corrected chi connectivity index (χ3v) is 4.51. The number of carbonyl (C=O) groups is 2. The minimum atomic E-state index is -0.555. The van der Waals surface area contributed by atoms with Crippen molar-refractivity contribution in [1.29, 1.82) is 0 Å². The number of halogens is 2. The van der Waals surface area contributed by atoms with E-state index in [1.54, 1.807) is 11.8 Å². The van der Waals surface area contributed by atoms with E-state index < -0.39 is 11.9 Å². The normalized spacial score (nSPS) is 15.0. The second kappa shape index (κ2) is 7.74. The van der Waals surface area contributed by atoms with Crippen LogP contribution in [0.25, 0.3) is 0 Å². The van der Waals surface area contributed by atoms with Crippen LogP contribution in [0.4, 0.5) is 21.5 Å². The molecule has 136 valence electrons. The molecule has 1 aliphatic heterocycles. The summed E-state index contributed by atoms with van der Waals surface area (Å²) in [5.74, 6) is -0.660. The summed E-state index contributed by atoms with van der Waals surface area (Å²) in [4.78, 5) is 26.0. The van der Waals surface area contributed by atoms with Crippen LogP contribution in [0.1, 0.15) is 19.8 Å². The Kier molecular flexibility index (Phi) is 5.42. The largest absolute Gasteiger partial charge is 0.374 e. The minimum absolute atomic E-state index is 0.110. The fourth-order valence-electron chi connectivity index (χ4n) is 2.83. The SMILES string of the molecule is C[C@H](Nc1cccc(N2CCCC2=O)c1)C(=O)Nc1ccc(F)cc1Cl. The van der Waals surface area contributed by atoms with Crippen molar-refractivity contribution in [3.63, 3.8) is 0 Å². The fraction of sp³-hybridized carbons (Fsp3) is 0.263. The van der Waals surface area contributed by atoms with Gasteiger partial charge in [0.15, 0.2) is 0 Å². The second-order valence-electron chi connectivity index (χ2n) is 6.18. The molecule has 1 atom stereocenters. The lowest BCUT2D eigenvalue weighted by atomic mass is 10.2. The van der Waals surface area contributed by atoms with Gasteiger partial charge in [-0.05, 0) is 49.7 Å². The first-order valence-electron chi connectivity index (χ1n) is 8.37. The molecule has 0 spiro atoms. The summed E-state index contributed by atoms with van der Waals surface area (Å²) < 4.78 is 13.1. The van der Waals surface area contributed by atoms with Crippen molar-refractivity contribution in [2.45, 2.75) is 25.8 Å². The summed E-state index contributed by atoms with van der Waals surface area (Å²) in [6.07, 6.45) is 1.42. The van der Waals surface area contributed by atoms with Gasteiger partial charge in [0.05, 0.1) is 10.7 Å². The van der Waals surface area contributed by atoms with E-state index in [2.05, 4.69) is 10.6 Å². The zero-order chi connectivity index (χ0) is 18.7. The molecule has 1 saturated heterocycles. The van der Waals surface area contributed by atoms with Crippen LogP contribution in [-0.4, -0.2) is 24.4 Å². The van der Waals surface area contributed by atoms with Crippen molar-refractivity contribution in [1.82, 2.24) is 0 Å². The molecular formula is C19H19ClFN3O2. The van der Waals surface area contributed by atoms with Gasteiger partial charge < -0.3 is 15.5 Å². The van der Waals surface area contributed by atoms with Gasteiger partial charge in [-0.1, -0.05) is 17.7 Å². The number of amides is 2. The van der Waals surface area contributed by atoms with Crippen LogP contribution in [0.2, 0.25) is 5.02 Å². The summed E-state index contributed by atoms with van der Waals surface area (Å²) in [7, 11) is 0. The fourth-order valence-corrected chi connectivity index (χ4v) is 3.05. The minimum Gasteiger partial charge on any atom is -0.374 e. The highest BCUT2D eigenvalue weighted by atomic mass is 35.5. The highest BCUT2D eigenvalue weighted by Gasteiger charge is 2.22. The van der Waals surface area contributed by atoms with E-state index in [0.29, 0.717) is 18.7 Å². The second-order valence-corrected chi connectivity index (χ2v) is 6.59. The number of nitrogens with one attached hydrogen (secondary N) is 2. The van der Waals surface area contributed by atoms with Gasteiger partial charge in [-0.2, -0.15) is 0 Å². The van der Waals surface area contributed by atoms with Gasteiger partial charge >= 0.3 is 0 Å². The lowest BCUT2D eigenvalue weighted by Gasteiger charge is -2.19. The van der Waals surface area contributed by atoms with Crippen LogP contribution >= 0.6 is 11.6 Å². The maximum absolute atomic E-state index is 13.1. The molecule has 2 N–H and O–H groups in total. The van der Waals surface area contributed by atoms with Crippen LogP contribution in [0, 0.1) is 5.82 Å². The van der Waals surface area contributed by atoms with Crippen LogP contribution in [-0.2, 0) is 9.59 Å². The quantitative estimate of drug-likeness (QED) is 0.828. The molecule has 2 amide bonds. The third kappa shape index (κ3) is 4.14. The van der Waals surface area contributed by atoms with Crippen molar-refractivity contribution in [2.24, 2.45) is 0 Å². The molecule has 1 heterocycles. The molecular weight excluding hydrogens is 357 g/mol. The van der Waals surface area contributed by atoms with Gasteiger partial charge in [0.2, 0.25) is 11.8 Å². The molecule has 0 unspecified atom stereocenters. The maximum atomic E-state index is 13.1. The van der Waals surface area contributed by atoms with Gasteiger partial charge in [0.25, 0.3) is 0 Å². The zero-order valence-corrected chi connectivity index (χ0v) is 15.0. The predicted molar refractivity (Wildman–Crippen MR) is 101 cm³/mol. The first-order valence-corrected chi connectivity index (χ1v) is 8.75. The first-order chi connectivity index (χ1) is 12.4. The molecule has 0 bridgehead atoms. The number of hydrogen-bond donors (Lipinski definition) is 2. The third-order valence-electron chi connectivity index (χ3n) is 4.20. The number of hydrogen-bond acceptors (Lipinski definition) is 3. The average molecular weight is 376 g/mol. The van der Waals surface area contributed by atoms with Crippen LogP contribution < -0.4 is 15.5 Å². The standard InChI is InChI=1S/C19H19ClFN3O2/c1-12(19(26)23-17-8-7-13(21)10-16(17)20)22-14-4-2-5-15(11-14)24-9-3-6-18(24)25/h2,4-5,7-8,10-12,22H,3,6,9H2,1H3,(H,23,26)/t12-/m0/s1. The topological polar surface area (TPSA) is 61.4 Å². The van der Waals surface area contributed by atoms with Crippen LogP contribution in [0.3, 0.4) is 0 Å². The zero-order valence-electron chi connectivity index (χ0n) is 14.3. The van der Waals surface area contributed by atoms with Gasteiger partial charge in [-0.3, -0.25) is 9.59 Å². The summed E-state index contributed by atoms with van der Waals surface area (Å²) in [6, 6.07) is 10.6. The summed E-state index contributed by atoms with van der Waals surface area (Å²) in [5.41, 5.74) is 1.89. The molecule has 5 nitrogen and oxygen atoms in total. The van der Waals surface area contributed by atoms with E-state index >= 15 is 0 Å². The summed E-state index contributed by atoms with van der Waals surface area (Å²) >= 11 is 5.93. The molecule has 7 heteroatoms. The lowest BCUT2D eigenvalue weighted by Crippen LogP contribution is -2.32. The molecule has 2 aromatic carbocycles. The highest BCUT2D eigenvalue weighted by Crippen LogP contribution is 2.25. The summed E-state index contributed by atoms with van der Waals surface area (Å²) in [5, 5.41) is 5.91. The van der Waals surface area contributed by atoms with E-state index in [1.165, 1.54) is 12.1 Å². The van der Waals surface area contributed by atoms with Crippen molar-refractivity contribution < 1.29 is 14.0 Å². The van der Waals surface area contributed by atoms with E-state index in [4.69, 9.17) is 11.6 Å². The van der Waals surface area contributed by atoms with Crippen molar-refractivity contribution in [3.05, 3.63) is 53.3 Å². The molecule has 1 fully saturated rings. The molecule has 26 heavy (non-hydrogen) atoms. The molecule has 0 aliphatic carbocycles. The van der Waals surface area contributed by atoms with Gasteiger partial charge in [0, 0.05) is 24.3 Å². The smallest absolute Gasteiger partial charge is 0.246 e. The van der Waals surface area contributed by atoms with Crippen molar-refractivity contribution >= 4 is 40.5 Å². The Labute approximate surface area is 156 Å². The maximum Gasteiger partial charge on any atom is 0.246 e. The Morgan fingerprint density at radius 2 is 2.08 bits per heavy atom. The lowest BCUT2D eigenvalue weighted by molar-refractivity contribution is -0.117. The Bertz CT molecular complexity index is 843. The molecule has 2 aromatic rings. The Balaban J connectivity index is 1.66. The van der Waals surface area contributed by atoms with E-state index in [1.807, 2.05) is 24.3 Å². The molecule has 0 aromatic heterocycles. The van der Waals surface area contributed by atoms with E-state index in [-0.39, 0.29) is 16.8 Å². The first kappa shape index (κ1) is 18.2. The molecule has 0 radical (unpaired) electrons. The Morgan fingerprint density at radius 3 is 2.77 bits per heavy atom. The van der Waals surface area contributed by atoms with Crippen LogP contribution in [0.5, 0.6) is 0 Å². The number of carbonyl (C=O) groups excluding carboxylic acids is 2. The van der Waals surface area contributed by atoms with E-state index in [0.717, 1.165) is 23.9 Å². The van der Waals surface area contributed by atoms with Gasteiger partial charge in [-0.25, -0.2) is 4.39 Å². The van der Waals surface area contributed by atoms with Gasteiger partial charge in [0.1, 0.15) is 11.9 Å². The number of nitrogens with zero attached hydrogens (tertiary/aromatic N) is 1. The Hall–Kier alpha value is -2.60. The average Bonchev–Trinajstić information content (AvgIpc) is 3.03. The molecule has 1 aliphatic rings. The molecule has 3 rings (SSSR count). The number of anilines is 3.